The number of allylic oxidation sites excluding steroid dienone is 1. The quantitative estimate of drug-likeness (QED) is 0.260. The molecule has 0 saturated heterocycles. The summed E-state index contributed by atoms with van der Waals surface area (Å²) in [6, 6.07) is 19.5. The van der Waals surface area contributed by atoms with Gasteiger partial charge in [0.15, 0.2) is 11.5 Å². The molecule has 152 valence electrons. The van der Waals surface area contributed by atoms with Gasteiger partial charge in [0, 0.05) is 10.0 Å². The third-order valence-corrected chi connectivity index (χ3v) is 5.06. The molecular formula is C24H18BrClFNO2. The first-order valence-corrected chi connectivity index (χ1v) is 10.4. The van der Waals surface area contributed by atoms with Gasteiger partial charge in [-0.1, -0.05) is 57.9 Å². The van der Waals surface area contributed by atoms with Crippen LogP contribution in [-0.2, 0) is 6.61 Å². The molecule has 3 aromatic rings. The molecule has 0 aromatic heterocycles. The standard InChI is InChI=1S/C24H18BrClFNO2/c1-2-29-23-13-16(11-19(14-28)17-7-9-20(25)10-8-17)12-21(26)24(23)30-15-18-5-3-4-6-22(18)27/h3-13H,2,15H2,1H3/b19-11+. The van der Waals surface area contributed by atoms with Gasteiger partial charge in [-0.25, -0.2) is 4.39 Å². The number of nitrogens with zero attached hydrogens (tertiary/aromatic N) is 1. The van der Waals surface area contributed by atoms with Gasteiger partial charge in [0.25, 0.3) is 0 Å². The van der Waals surface area contributed by atoms with E-state index in [4.69, 9.17) is 21.1 Å². The monoisotopic (exact) mass is 485 g/mol. The van der Waals surface area contributed by atoms with E-state index in [9.17, 15) is 9.65 Å². The highest BCUT2D eigenvalue weighted by Crippen LogP contribution is 2.38. The smallest absolute Gasteiger partial charge is 0.180 e. The second-order valence-electron chi connectivity index (χ2n) is 6.32. The molecule has 0 fully saturated rings. The lowest BCUT2D eigenvalue weighted by Gasteiger charge is -2.15. The molecular weight excluding hydrogens is 469 g/mol. The fourth-order valence-corrected chi connectivity index (χ4v) is 3.35. The third-order valence-electron chi connectivity index (χ3n) is 4.25. The predicted molar refractivity (Wildman–Crippen MR) is 121 cm³/mol. The molecule has 0 aliphatic rings. The van der Waals surface area contributed by atoms with Crippen LogP contribution in [0.25, 0.3) is 11.6 Å². The van der Waals surface area contributed by atoms with Crippen LogP contribution in [0.5, 0.6) is 11.5 Å². The van der Waals surface area contributed by atoms with Gasteiger partial charge in [-0.05, 0) is 54.5 Å². The van der Waals surface area contributed by atoms with Crippen LogP contribution in [0.2, 0.25) is 5.02 Å². The molecule has 3 rings (SSSR count). The highest BCUT2D eigenvalue weighted by molar-refractivity contribution is 9.10. The van der Waals surface area contributed by atoms with E-state index in [0.29, 0.717) is 39.8 Å². The zero-order valence-corrected chi connectivity index (χ0v) is 18.5. The van der Waals surface area contributed by atoms with Crippen molar-refractivity contribution in [3.63, 3.8) is 0 Å². The number of halogens is 3. The summed E-state index contributed by atoms with van der Waals surface area (Å²) >= 11 is 9.84. The van der Waals surface area contributed by atoms with Gasteiger partial charge in [0.2, 0.25) is 0 Å². The van der Waals surface area contributed by atoms with E-state index in [-0.39, 0.29) is 12.4 Å². The molecule has 6 heteroatoms. The van der Waals surface area contributed by atoms with E-state index < -0.39 is 0 Å². The second-order valence-corrected chi connectivity index (χ2v) is 7.64. The Morgan fingerprint density at radius 1 is 1.13 bits per heavy atom. The summed E-state index contributed by atoms with van der Waals surface area (Å²) in [5.41, 5.74) is 2.39. The number of hydrogen-bond acceptors (Lipinski definition) is 3. The van der Waals surface area contributed by atoms with Crippen LogP contribution < -0.4 is 9.47 Å². The van der Waals surface area contributed by atoms with Crippen LogP contribution in [0.4, 0.5) is 4.39 Å². The Morgan fingerprint density at radius 3 is 2.53 bits per heavy atom. The van der Waals surface area contributed by atoms with Gasteiger partial charge in [0.1, 0.15) is 12.4 Å². The number of nitriles is 1. The maximum Gasteiger partial charge on any atom is 0.180 e. The zero-order valence-electron chi connectivity index (χ0n) is 16.2. The first kappa shape index (κ1) is 21.9. The molecule has 0 unspecified atom stereocenters. The summed E-state index contributed by atoms with van der Waals surface area (Å²) < 4.78 is 26.3. The van der Waals surface area contributed by atoms with E-state index in [1.54, 1.807) is 36.4 Å². The van der Waals surface area contributed by atoms with Crippen molar-refractivity contribution >= 4 is 39.2 Å². The summed E-state index contributed by atoms with van der Waals surface area (Å²) in [4.78, 5) is 0. The van der Waals surface area contributed by atoms with Crippen molar-refractivity contribution in [3.05, 3.63) is 92.7 Å². The fourth-order valence-electron chi connectivity index (χ4n) is 2.82. The highest BCUT2D eigenvalue weighted by atomic mass is 79.9. The van der Waals surface area contributed by atoms with Crippen LogP contribution in [0.15, 0.2) is 65.1 Å². The zero-order chi connectivity index (χ0) is 21.5. The maximum atomic E-state index is 13.9. The van der Waals surface area contributed by atoms with Gasteiger partial charge in [-0.3, -0.25) is 0 Å². The van der Waals surface area contributed by atoms with E-state index in [1.165, 1.54) is 6.07 Å². The van der Waals surface area contributed by atoms with Crippen molar-refractivity contribution in [2.75, 3.05) is 6.61 Å². The Hall–Kier alpha value is -2.81. The lowest BCUT2D eigenvalue weighted by Crippen LogP contribution is -2.02. The lowest BCUT2D eigenvalue weighted by molar-refractivity contribution is 0.266. The topological polar surface area (TPSA) is 42.2 Å². The molecule has 0 aliphatic carbocycles. The minimum atomic E-state index is -0.348. The van der Waals surface area contributed by atoms with Crippen molar-refractivity contribution in [3.8, 4) is 17.6 Å². The van der Waals surface area contributed by atoms with E-state index in [1.807, 2.05) is 31.2 Å². The Labute approximate surface area is 188 Å². The molecule has 3 nitrogen and oxygen atoms in total. The Morgan fingerprint density at radius 2 is 1.87 bits per heavy atom. The number of ether oxygens (including phenoxy) is 2. The summed E-state index contributed by atoms with van der Waals surface area (Å²) in [5, 5.41) is 9.90. The number of hydrogen-bond donors (Lipinski definition) is 0. The van der Waals surface area contributed by atoms with Crippen molar-refractivity contribution in [1.29, 1.82) is 5.26 Å². The molecule has 0 aliphatic heterocycles. The molecule has 0 bridgehead atoms. The summed E-state index contributed by atoms with van der Waals surface area (Å²) in [5.74, 6) is 0.418. The average Bonchev–Trinajstić information content (AvgIpc) is 2.73. The average molecular weight is 487 g/mol. The van der Waals surface area contributed by atoms with Crippen molar-refractivity contribution in [1.82, 2.24) is 0 Å². The first-order valence-electron chi connectivity index (χ1n) is 9.22. The number of benzene rings is 3. The predicted octanol–water partition coefficient (Wildman–Crippen LogP) is 7.28. The summed E-state index contributed by atoms with van der Waals surface area (Å²) in [6.07, 6.45) is 1.73. The molecule has 0 amide bonds. The molecule has 0 spiro atoms. The fraction of sp³-hybridized carbons (Fsp3) is 0.125. The van der Waals surface area contributed by atoms with Crippen LogP contribution in [-0.4, -0.2) is 6.61 Å². The first-order chi connectivity index (χ1) is 14.5. The van der Waals surface area contributed by atoms with Crippen LogP contribution in [0.3, 0.4) is 0 Å². The molecule has 30 heavy (non-hydrogen) atoms. The van der Waals surface area contributed by atoms with Gasteiger partial charge < -0.3 is 9.47 Å². The molecule has 0 radical (unpaired) electrons. The molecule has 0 saturated carbocycles. The number of rotatable bonds is 7. The molecule has 0 atom stereocenters. The van der Waals surface area contributed by atoms with Crippen LogP contribution in [0, 0.1) is 17.1 Å². The third kappa shape index (κ3) is 5.41. The Balaban J connectivity index is 1.93. The lowest BCUT2D eigenvalue weighted by atomic mass is 10.0. The van der Waals surface area contributed by atoms with Crippen LogP contribution in [0.1, 0.15) is 23.6 Å². The minimum Gasteiger partial charge on any atom is -0.490 e. The summed E-state index contributed by atoms with van der Waals surface area (Å²) in [6.45, 7) is 2.26. The van der Waals surface area contributed by atoms with Gasteiger partial charge >= 0.3 is 0 Å². The maximum absolute atomic E-state index is 13.9. The summed E-state index contributed by atoms with van der Waals surface area (Å²) in [7, 11) is 0. The van der Waals surface area contributed by atoms with Crippen molar-refractivity contribution in [2.45, 2.75) is 13.5 Å². The van der Waals surface area contributed by atoms with Gasteiger partial charge in [-0.15, -0.1) is 0 Å². The Bertz CT molecular complexity index is 1110. The molecule has 0 N–H and O–H groups in total. The van der Waals surface area contributed by atoms with E-state index >= 15 is 0 Å². The molecule has 0 heterocycles. The molecule has 3 aromatic carbocycles. The SMILES string of the molecule is CCOc1cc(/C=C(\C#N)c2ccc(Br)cc2)cc(Cl)c1OCc1ccccc1F. The van der Waals surface area contributed by atoms with Gasteiger partial charge in [0.05, 0.1) is 23.3 Å². The van der Waals surface area contributed by atoms with Gasteiger partial charge in [-0.2, -0.15) is 5.26 Å². The van der Waals surface area contributed by atoms with E-state index in [2.05, 4.69) is 22.0 Å². The minimum absolute atomic E-state index is 0.0178. The normalized spacial score (nSPS) is 11.1. The highest BCUT2D eigenvalue weighted by Gasteiger charge is 2.14. The van der Waals surface area contributed by atoms with E-state index in [0.717, 1.165) is 10.0 Å². The second kappa shape index (κ2) is 10.3. The van der Waals surface area contributed by atoms with Crippen molar-refractivity contribution < 1.29 is 13.9 Å². The van der Waals surface area contributed by atoms with Crippen molar-refractivity contribution in [2.24, 2.45) is 0 Å². The van der Waals surface area contributed by atoms with Crippen LogP contribution >= 0.6 is 27.5 Å². The largest absolute Gasteiger partial charge is 0.490 e. The Kier molecular flexibility index (Phi) is 7.51.